The molecule has 35 heavy (non-hydrogen) atoms. The quantitative estimate of drug-likeness (QED) is 0.514. The Bertz CT molecular complexity index is 978. The van der Waals surface area contributed by atoms with Gasteiger partial charge in [-0.05, 0) is 24.3 Å². The summed E-state index contributed by atoms with van der Waals surface area (Å²) in [5, 5.41) is 2.87. The van der Waals surface area contributed by atoms with Crippen LogP contribution in [0.3, 0.4) is 0 Å². The maximum absolute atomic E-state index is 13.8. The number of benzene rings is 2. The normalized spacial score (nSPS) is 22.1. The topological polar surface area (TPSA) is 95.6 Å². The number of ether oxygens (including phenoxy) is 4. The largest absolute Gasteiger partial charge is 0.493 e. The lowest BCUT2D eigenvalue weighted by atomic mass is 10.1. The summed E-state index contributed by atoms with van der Waals surface area (Å²) in [5.74, 6) is 0.376. The minimum absolute atomic E-state index is 0. The molecule has 1 fully saturated rings. The Kier molecular flexibility index (Phi) is 10.4. The number of piperazine rings is 1. The second-order valence-corrected chi connectivity index (χ2v) is 7.76. The summed E-state index contributed by atoms with van der Waals surface area (Å²) in [5.41, 5.74) is 1.06. The molecule has 1 aliphatic rings. The van der Waals surface area contributed by atoms with Gasteiger partial charge in [0, 0.05) is 26.0 Å². The fourth-order valence-corrected chi connectivity index (χ4v) is 4.21. The number of amides is 2. The van der Waals surface area contributed by atoms with Crippen LogP contribution in [-0.2, 0) is 19.1 Å². The van der Waals surface area contributed by atoms with E-state index in [1.807, 2.05) is 35.2 Å². The molecular formula is C24H33ClN3O7+. The average Bonchev–Trinajstić information content (AvgIpc) is 2.87. The monoisotopic (exact) mass is 510 g/mol. The van der Waals surface area contributed by atoms with Crippen LogP contribution in [-0.4, -0.2) is 89.0 Å². The van der Waals surface area contributed by atoms with E-state index in [0.717, 1.165) is 0 Å². The minimum atomic E-state index is -0.756. The Balaban J connectivity index is 0.00000432. The Morgan fingerprint density at radius 1 is 0.914 bits per heavy atom. The Labute approximate surface area is 211 Å². The van der Waals surface area contributed by atoms with E-state index in [0.29, 0.717) is 22.7 Å². The van der Waals surface area contributed by atoms with Crippen molar-refractivity contribution in [1.82, 2.24) is 4.90 Å². The number of anilines is 1. The van der Waals surface area contributed by atoms with E-state index in [4.69, 9.17) is 23.8 Å². The first kappa shape index (κ1) is 28.5. The van der Waals surface area contributed by atoms with Crippen molar-refractivity contribution in [3.05, 3.63) is 54.1 Å². The number of rotatable bonds is 9. The van der Waals surface area contributed by atoms with Crippen molar-refractivity contribution in [3.63, 3.8) is 0 Å². The van der Waals surface area contributed by atoms with Crippen LogP contribution in [0.1, 0.15) is 10.4 Å². The van der Waals surface area contributed by atoms with Crippen LogP contribution in [0, 0.1) is 0 Å². The van der Waals surface area contributed by atoms with Gasteiger partial charge in [-0.2, -0.15) is 4.84 Å². The molecule has 1 aliphatic heterocycles. The van der Waals surface area contributed by atoms with Gasteiger partial charge in [0.15, 0.2) is 11.5 Å². The Morgan fingerprint density at radius 2 is 1.51 bits per heavy atom. The molecule has 10 nitrogen and oxygen atoms in total. The predicted molar refractivity (Wildman–Crippen MR) is 131 cm³/mol. The Hall–Kier alpha value is -2.73. The number of nitrogens with one attached hydrogen (secondary N) is 1. The number of para-hydroxylation sites is 1. The lowest BCUT2D eigenvalue weighted by Gasteiger charge is -2.47. The molecule has 2 aromatic rings. The van der Waals surface area contributed by atoms with Gasteiger partial charge in [0.2, 0.25) is 18.4 Å². The number of methoxy groups -OCH3 is 4. The van der Waals surface area contributed by atoms with Crippen LogP contribution in [0.25, 0.3) is 0 Å². The second kappa shape index (κ2) is 12.8. The molecular weight excluding hydrogens is 478 g/mol. The standard InChI is InChI=1S/C24H31N3O7.ClH/c1-30-19-12-11-17(13-20(19)31-2)24(29)27(34-5)22(32-3)15-26(16-23(27)33-4)14-21(28)25-18-9-7-6-8-10-18;/h6-13,22-23H,14-16H2,1-5H3;1H/p+1. The maximum atomic E-state index is 13.8. The summed E-state index contributed by atoms with van der Waals surface area (Å²) in [6, 6.07) is 14.1. The zero-order valence-electron chi connectivity index (χ0n) is 20.6. The molecule has 11 heteroatoms. The molecule has 3 rings (SSSR count). The number of hydroxylamine groups is 3. The van der Waals surface area contributed by atoms with Gasteiger partial charge in [-0.1, -0.05) is 22.8 Å². The van der Waals surface area contributed by atoms with E-state index in [1.165, 1.54) is 35.5 Å². The fourth-order valence-electron chi connectivity index (χ4n) is 4.21. The maximum Gasteiger partial charge on any atom is 0.382 e. The molecule has 2 aromatic carbocycles. The second-order valence-electron chi connectivity index (χ2n) is 7.76. The molecule has 192 valence electrons. The van der Waals surface area contributed by atoms with Crippen LogP contribution < -0.4 is 14.8 Å². The molecule has 0 aliphatic carbocycles. The minimum Gasteiger partial charge on any atom is -0.493 e. The van der Waals surface area contributed by atoms with Crippen molar-refractivity contribution in [2.24, 2.45) is 0 Å². The van der Waals surface area contributed by atoms with E-state index in [2.05, 4.69) is 5.32 Å². The molecule has 1 saturated heterocycles. The molecule has 0 bridgehead atoms. The van der Waals surface area contributed by atoms with E-state index in [9.17, 15) is 9.59 Å². The summed E-state index contributed by atoms with van der Waals surface area (Å²) >= 11 is 0. The fraction of sp³-hybridized carbons (Fsp3) is 0.417. The van der Waals surface area contributed by atoms with Crippen LogP contribution in [0.4, 0.5) is 5.69 Å². The lowest BCUT2D eigenvalue weighted by molar-refractivity contribution is -1.10. The molecule has 0 saturated carbocycles. The highest BCUT2D eigenvalue weighted by Gasteiger charge is 2.58. The van der Waals surface area contributed by atoms with Crippen molar-refractivity contribution in [1.29, 1.82) is 0 Å². The van der Waals surface area contributed by atoms with E-state index < -0.39 is 17.1 Å². The van der Waals surface area contributed by atoms with Crippen LogP contribution in [0.15, 0.2) is 48.5 Å². The molecule has 0 radical (unpaired) electrons. The molecule has 0 aromatic heterocycles. The van der Waals surface area contributed by atoms with Gasteiger partial charge in [-0.15, -0.1) is 12.4 Å². The number of carbonyl (C=O) groups is 2. The highest BCUT2D eigenvalue weighted by molar-refractivity contribution is 5.92. The Morgan fingerprint density at radius 3 is 2.03 bits per heavy atom. The molecule has 0 spiro atoms. The van der Waals surface area contributed by atoms with Gasteiger partial charge in [-0.3, -0.25) is 9.69 Å². The third-order valence-corrected chi connectivity index (χ3v) is 5.90. The highest BCUT2D eigenvalue weighted by atomic mass is 35.5. The zero-order chi connectivity index (χ0) is 24.7. The van der Waals surface area contributed by atoms with E-state index in [1.54, 1.807) is 18.2 Å². The summed E-state index contributed by atoms with van der Waals surface area (Å²) in [6.07, 6.45) is -1.51. The number of carbonyl (C=O) groups excluding carboxylic acids is 2. The number of halogens is 1. The first-order valence-electron chi connectivity index (χ1n) is 10.8. The summed E-state index contributed by atoms with van der Waals surface area (Å²) in [4.78, 5) is 34.1. The van der Waals surface area contributed by atoms with Gasteiger partial charge in [0.1, 0.15) is 0 Å². The van der Waals surface area contributed by atoms with Gasteiger partial charge in [-0.25, -0.2) is 4.79 Å². The summed E-state index contributed by atoms with van der Waals surface area (Å²) in [7, 11) is 7.46. The number of hydrogen-bond acceptors (Lipinski definition) is 8. The molecule has 1 heterocycles. The first-order chi connectivity index (χ1) is 16.4. The van der Waals surface area contributed by atoms with Gasteiger partial charge in [0.25, 0.3) is 0 Å². The van der Waals surface area contributed by atoms with Crippen molar-refractivity contribution in [3.8, 4) is 11.5 Å². The van der Waals surface area contributed by atoms with Gasteiger partial charge >= 0.3 is 5.91 Å². The smallest absolute Gasteiger partial charge is 0.382 e. The number of hydrogen-bond donors (Lipinski definition) is 1. The van der Waals surface area contributed by atoms with E-state index in [-0.39, 0.29) is 43.9 Å². The van der Waals surface area contributed by atoms with Crippen molar-refractivity contribution in [2.75, 3.05) is 60.5 Å². The van der Waals surface area contributed by atoms with Gasteiger partial charge in [0.05, 0.1) is 46.5 Å². The van der Waals surface area contributed by atoms with Crippen LogP contribution in [0.2, 0.25) is 0 Å². The van der Waals surface area contributed by atoms with Gasteiger partial charge < -0.3 is 24.3 Å². The number of nitrogens with zero attached hydrogens (tertiary/aromatic N) is 2. The summed E-state index contributed by atoms with van der Waals surface area (Å²) < 4.78 is 21.5. The molecule has 2 unspecified atom stereocenters. The highest BCUT2D eigenvalue weighted by Crippen LogP contribution is 2.34. The lowest BCUT2D eigenvalue weighted by Crippen LogP contribution is -2.73. The van der Waals surface area contributed by atoms with Crippen LogP contribution >= 0.6 is 12.4 Å². The van der Waals surface area contributed by atoms with Crippen molar-refractivity contribution >= 4 is 29.9 Å². The number of quaternary nitrogens is 1. The third-order valence-electron chi connectivity index (χ3n) is 5.90. The van der Waals surface area contributed by atoms with E-state index >= 15 is 0 Å². The summed E-state index contributed by atoms with van der Waals surface area (Å²) in [6.45, 7) is 0.639. The average molecular weight is 511 g/mol. The molecule has 2 atom stereocenters. The third kappa shape index (κ3) is 5.92. The molecule has 2 amide bonds. The predicted octanol–water partition coefficient (Wildman–Crippen LogP) is 2.54. The van der Waals surface area contributed by atoms with Crippen molar-refractivity contribution in [2.45, 2.75) is 12.5 Å². The molecule has 1 N–H and O–H groups in total. The van der Waals surface area contributed by atoms with Crippen molar-refractivity contribution < 1.29 is 38.0 Å². The van der Waals surface area contributed by atoms with Crippen LogP contribution in [0.5, 0.6) is 11.5 Å². The first-order valence-corrected chi connectivity index (χ1v) is 10.8. The SMILES string of the molecule is COc1ccc(C(=O)[N+]2(OC)C(OC)CN(CC(=O)Nc3ccccc3)CC2OC)cc1OC.Cl. The zero-order valence-corrected chi connectivity index (χ0v) is 21.4.